The molecule has 0 atom stereocenters. The number of nitrogens with one attached hydrogen (secondary N) is 1. The summed E-state index contributed by atoms with van der Waals surface area (Å²) in [5, 5.41) is 2.87. The van der Waals surface area contributed by atoms with Gasteiger partial charge in [-0.1, -0.05) is 24.3 Å². The van der Waals surface area contributed by atoms with E-state index in [4.69, 9.17) is 4.74 Å². The molecule has 0 saturated carbocycles. The van der Waals surface area contributed by atoms with Gasteiger partial charge in [0.25, 0.3) is 0 Å². The quantitative estimate of drug-likeness (QED) is 0.753. The van der Waals surface area contributed by atoms with Crippen LogP contribution in [0.5, 0.6) is 5.75 Å². The number of rotatable bonds is 5. The number of anilines is 1. The molecular weight excluding hydrogens is 391 g/mol. The molecule has 2 amide bonds. The number of halogens is 1. The molecule has 0 bridgehead atoms. The Hall–Kier alpha value is -1.76. The van der Waals surface area contributed by atoms with Crippen LogP contribution in [0, 0.1) is 10.5 Å². The summed E-state index contributed by atoms with van der Waals surface area (Å²) in [6.45, 7) is 2.98. The highest BCUT2D eigenvalue weighted by atomic mass is 127. The Bertz CT molecular complexity index is 646. The van der Waals surface area contributed by atoms with Gasteiger partial charge in [0.1, 0.15) is 12.4 Å². The van der Waals surface area contributed by atoms with E-state index in [1.165, 1.54) is 0 Å². The summed E-state index contributed by atoms with van der Waals surface area (Å²) >= 11 is 2.22. The number of nitrogens with zero attached hydrogens (tertiary/aromatic N) is 1. The smallest absolute Gasteiger partial charge is 0.321 e. The second-order valence-corrected chi connectivity index (χ2v) is 6.22. The van der Waals surface area contributed by atoms with E-state index in [1.807, 2.05) is 55.5 Å². The number of benzene rings is 2. The molecule has 22 heavy (non-hydrogen) atoms. The summed E-state index contributed by atoms with van der Waals surface area (Å²) < 4.78 is 6.79. The zero-order valence-electron chi connectivity index (χ0n) is 12.7. The van der Waals surface area contributed by atoms with Gasteiger partial charge in [0.2, 0.25) is 0 Å². The molecule has 2 rings (SSSR count). The standard InChI is InChI=1S/C17H19IN2O2/c1-13-6-3-4-9-16(13)22-11-10-20(2)17(21)19-15-8-5-7-14(18)12-15/h3-9,12H,10-11H2,1-2H3,(H,19,21). The molecule has 0 aliphatic rings. The lowest BCUT2D eigenvalue weighted by Crippen LogP contribution is -2.34. The zero-order valence-corrected chi connectivity index (χ0v) is 14.8. The Morgan fingerprint density at radius 1 is 1.23 bits per heavy atom. The zero-order chi connectivity index (χ0) is 15.9. The number of carbonyl (C=O) groups is 1. The molecule has 2 aromatic rings. The molecule has 0 radical (unpaired) electrons. The van der Waals surface area contributed by atoms with E-state index in [-0.39, 0.29) is 6.03 Å². The van der Waals surface area contributed by atoms with E-state index in [0.29, 0.717) is 13.2 Å². The van der Waals surface area contributed by atoms with E-state index in [1.54, 1.807) is 11.9 Å². The maximum absolute atomic E-state index is 12.1. The first-order valence-corrected chi connectivity index (χ1v) is 8.10. The van der Waals surface area contributed by atoms with Crippen LogP contribution in [0.25, 0.3) is 0 Å². The Morgan fingerprint density at radius 3 is 2.73 bits per heavy atom. The lowest BCUT2D eigenvalue weighted by Gasteiger charge is -2.18. The highest BCUT2D eigenvalue weighted by Crippen LogP contribution is 2.16. The molecule has 4 nitrogen and oxygen atoms in total. The molecule has 116 valence electrons. The Morgan fingerprint density at radius 2 is 2.00 bits per heavy atom. The van der Waals surface area contributed by atoms with Crippen molar-refractivity contribution in [3.8, 4) is 5.75 Å². The molecule has 5 heteroatoms. The number of urea groups is 1. The fraction of sp³-hybridized carbons (Fsp3) is 0.235. The van der Waals surface area contributed by atoms with Gasteiger partial charge in [-0.25, -0.2) is 4.79 Å². The van der Waals surface area contributed by atoms with Gasteiger partial charge >= 0.3 is 6.03 Å². The van der Waals surface area contributed by atoms with Crippen molar-refractivity contribution >= 4 is 34.3 Å². The molecule has 0 unspecified atom stereocenters. The molecule has 1 N–H and O–H groups in total. The van der Waals surface area contributed by atoms with E-state index in [2.05, 4.69) is 27.9 Å². The van der Waals surface area contributed by atoms with Crippen molar-refractivity contribution in [2.45, 2.75) is 6.92 Å². The van der Waals surface area contributed by atoms with Crippen LogP contribution in [0.3, 0.4) is 0 Å². The van der Waals surface area contributed by atoms with Crippen molar-refractivity contribution in [3.63, 3.8) is 0 Å². The Labute approximate surface area is 144 Å². The van der Waals surface area contributed by atoms with Gasteiger partial charge in [0, 0.05) is 16.3 Å². The normalized spacial score (nSPS) is 10.1. The van der Waals surface area contributed by atoms with Crippen LogP contribution in [0.4, 0.5) is 10.5 Å². The molecule has 0 fully saturated rings. The molecule has 0 heterocycles. The first-order valence-electron chi connectivity index (χ1n) is 7.02. The van der Waals surface area contributed by atoms with Gasteiger partial charge < -0.3 is 15.0 Å². The minimum atomic E-state index is -0.143. The number of amides is 2. The van der Waals surface area contributed by atoms with Crippen LogP contribution in [-0.2, 0) is 0 Å². The lowest BCUT2D eigenvalue weighted by molar-refractivity contribution is 0.207. The highest BCUT2D eigenvalue weighted by molar-refractivity contribution is 14.1. The lowest BCUT2D eigenvalue weighted by atomic mass is 10.2. The maximum atomic E-state index is 12.1. The molecule has 0 aromatic heterocycles. The molecule has 0 saturated heterocycles. The van der Waals surface area contributed by atoms with E-state index >= 15 is 0 Å². The summed E-state index contributed by atoms with van der Waals surface area (Å²) in [6.07, 6.45) is 0. The average Bonchev–Trinajstić information content (AvgIpc) is 2.49. The van der Waals surface area contributed by atoms with Crippen LogP contribution >= 0.6 is 22.6 Å². The van der Waals surface area contributed by atoms with Crippen LogP contribution in [-0.4, -0.2) is 31.1 Å². The third-order valence-corrected chi connectivity index (χ3v) is 3.87. The van der Waals surface area contributed by atoms with Gasteiger partial charge in [-0.2, -0.15) is 0 Å². The minimum Gasteiger partial charge on any atom is -0.491 e. The number of ether oxygens (including phenoxy) is 1. The summed E-state index contributed by atoms with van der Waals surface area (Å²) in [5.41, 5.74) is 1.89. The third-order valence-electron chi connectivity index (χ3n) is 3.20. The van der Waals surface area contributed by atoms with Crippen molar-refractivity contribution in [1.29, 1.82) is 0 Å². The fourth-order valence-electron chi connectivity index (χ4n) is 1.90. The van der Waals surface area contributed by atoms with Crippen molar-refractivity contribution in [3.05, 3.63) is 57.7 Å². The molecular formula is C17H19IN2O2. The van der Waals surface area contributed by atoms with Gasteiger partial charge in [0.05, 0.1) is 6.54 Å². The Balaban J connectivity index is 1.80. The number of para-hydroxylation sites is 1. The predicted molar refractivity (Wildman–Crippen MR) is 97.5 cm³/mol. The average molecular weight is 410 g/mol. The first-order chi connectivity index (χ1) is 10.6. The van der Waals surface area contributed by atoms with Gasteiger partial charge in [-0.15, -0.1) is 0 Å². The number of carbonyl (C=O) groups excluding carboxylic acids is 1. The first kappa shape index (κ1) is 16.6. The van der Waals surface area contributed by atoms with Crippen LogP contribution in [0.15, 0.2) is 48.5 Å². The van der Waals surface area contributed by atoms with E-state index in [9.17, 15) is 4.79 Å². The Kier molecular flexibility index (Phi) is 6.06. The van der Waals surface area contributed by atoms with Gasteiger partial charge in [-0.3, -0.25) is 0 Å². The molecule has 0 aliphatic heterocycles. The minimum absolute atomic E-state index is 0.143. The van der Waals surface area contributed by atoms with Crippen molar-refractivity contribution < 1.29 is 9.53 Å². The maximum Gasteiger partial charge on any atom is 0.321 e. The third kappa shape index (κ3) is 4.91. The van der Waals surface area contributed by atoms with Crippen molar-refractivity contribution in [1.82, 2.24) is 4.90 Å². The number of hydrogen-bond acceptors (Lipinski definition) is 2. The summed E-state index contributed by atoms with van der Waals surface area (Å²) in [7, 11) is 1.75. The number of hydrogen-bond donors (Lipinski definition) is 1. The molecule has 2 aromatic carbocycles. The number of aryl methyl sites for hydroxylation is 1. The van der Waals surface area contributed by atoms with Crippen LogP contribution in [0.1, 0.15) is 5.56 Å². The predicted octanol–water partition coefficient (Wildman–Crippen LogP) is 4.14. The van der Waals surface area contributed by atoms with Crippen LogP contribution < -0.4 is 10.1 Å². The second kappa shape index (κ2) is 8.03. The largest absolute Gasteiger partial charge is 0.491 e. The monoisotopic (exact) mass is 410 g/mol. The van der Waals surface area contributed by atoms with Crippen molar-refractivity contribution in [2.24, 2.45) is 0 Å². The SMILES string of the molecule is Cc1ccccc1OCCN(C)C(=O)Nc1cccc(I)c1. The van der Waals surface area contributed by atoms with E-state index in [0.717, 1.165) is 20.6 Å². The highest BCUT2D eigenvalue weighted by Gasteiger charge is 2.09. The van der Waals surface area contributed by atoms with E-state index < -0.39 is 0 Å². The summed E-state index contributed by atoms with van der Waals surface area (Å²) in [4.78, 5) is 13.7. The van der Waals surface area contributed by atoms with Crippen LogP contribution in [0.2, 0.25) is 0 Å². The van der Waals surface area contributed by atoms with Crippen molar-refractivity contribution in [2.75, 3.05) is 25.5 Å². The van der Waals surface area contributed by atoms with Gasteiger partial charge in [0.15, 0.2) is 0 Å². The summed E-state index contributed by atoms with van der Waals surface area (Å²) in [6, 6.07) is 15.4. The molecule has 0 aliphatic carbocycles. The topological polar surface area (TPSA) is 41.6 Å². The second-order valence-electron chi connectivity index (χ2n) is 4.98. The fourth-order valence-corrected chi connectivity index (χ4v) is 2.44. The molecule has 0 spiro atoms. The summed E-state index contributed by atoms with van der Waals surface area (Å²) in [5.74, 6) is 0.855. The number of likely N-dealkylation sites (N-methyl/N-ethyl adjacent to an activating group) is 1. The van der Waals surface area contributed by atoms with Gasteiger partial charge in [-0.05, 0) is 59.3 Å².